The summed E-state index contributed by atoms with van der Waals surface area (Å²) >= 11 is 0. The zero-order valence-corrected chi connectivity index (χ0v) is 14.7. The average Bonchev–Trinajstić information content (AvgIpc) is 2.67. The van der Waals surface area contributed by atoms with E-state index in [1.807, 2.05) is 6.21 Å². The first-order chi connectivity index (χ1) is 11.8. The first-order valence-corrected chi connectivity index (χ1v) is 8.86. The van der Waals surface area contributed by atoms with Crippen molar-refractivity contribution in [1.29, 1.82) is 0 Å². The topological polar surface area (TPSA) is 24.8 Å². The molecule has 2 aromatic rings. The minimum Gasteiger partial charge on any atom is -0.496 e. The van der Waals surface area contributed by atoms with Crippen molar-refractivity contribution in [2.24, 2.45) is 4.99 Å². The zero-order valence-electron chi connectivity index (χ0n) is 14.7. The molecule has 0 aliphatic carbocycles. The molecule has 0 atom stereocenters. The number of piperidine rings is 1. The van der Waals surface area contributed by atoms with Gasteiger partial charge in [0, 0.05) is 36.6 Å². The van der Waals surface area contributed by atoms with Gasteiger partial charge in [0.2, 0.25) is 0 Å². The van der Waals surface area contributed by atoms with Gasteiger partial charge < -0.3 is 9.64 Å². The molecular formula is C21H26N2O. The van der Waals surface area contributed by atoms with Crippen LogP contribution in [0.1, 0.15) is 37.3 Å². The molecule has 0 unspecified atom stereocenters. The lowest BCUT2D eigenvalue weighted by molar-refractivity contribution is 0.414. The Morgan fingerprint density at radius 3 is 2.46 bits per heavy atom. The van der Waals surface area contributed by atoms with Crippen molar-refractivity contribution in [2.75, 3.05) is 25.1 Å². The molecule has 0 amide bonds. The van der Waals surface area contributed by atoms with Gasteiger partial charge in [-0.15, -0.1) is 0 Å². The van der Waals surface area contributed by atoms with E-state index in [4.69, 9.17) is 4.74 Å². The maximum atomic E-state index is 5.58. The van der Waals surface area contributed by atoms with Crippen molar-refractivity contribution < 1.29 is 4.74 Å². The average molecular weight is 322 g/mol. The molecule has 3 rings (SSSR count). The number of nitrogens with zero attached hydrogens (tertiary/aromatic N) is 2. The smallest absolute Gasteiger partial charge is 0.129 e. The van der Waals surface area contributed by atoms with Crippen molar-refractivity contribution in [3.63, 3.8) is 0 Å². The highest BCUT2D eigenvalue weighted by Gasteiger charge is 2.12. The summed E-state index contributed by atoms with van der Waals surface area (Å²) in [5.74, 6) is 0.881. The summed E-state index contributed by atoms with van der Waals surface area (Å²) in [5.41, 5.74) is 4.56. The molecule has 24 heavy (non-hydrogen) atoms. The Hall–Kier alpha value is -2.29. The molecular weight excluding hydrogens is 296 g/mol. The van der Waals surface area contributed by atoms with Crippen LogP contribution in [0.25, 0.3) is 0 Å². The Bertz CT molecular complexity index is 685. The number of methoxy groups -OCH3 is 1. The van der Waals surface area contributed by atoms with E-state index in [2.05, 4.69) is 59.3 Å². The molecule has 1 aliphatic heterocycles. The lowest BCUT2D eigenvalue weighted by atomic mass is 10.1. The molecule has 2 aromatic carbocycles. The summed E-state index contributed by atoms with van der Waals surface area (Å²) in [6.45, 7) is 4.44. The van der Waals surface area contributed by atoms with Gasteiger partial charge in [-0.05, 0) is 55.5 Å². The lowest BCUT2D eigenvalue weighted by Crippen LogP contribution is -2.29. The van der Waals surface area contributed by atoms with E-state index in [1.54, 1.807) is 7.11 Å². The second-order valence-corrected chi connectivity index (χ2v) is 6.25. The van der Waals surface area contributed by atoms with E-state index in [0.717, 1.165) is 36.5 Å². The first kappa shape index (κ1) is 16.6. The lowest BCUT2D eigenvalue weighted by Gasteiger charge is -2.29. The van der Waals surface area contributed by atoms with Gasteiger partial charge in [0.25, 0.3) is 0 Å². The molecule has 0 bridgehead atoms. The van der Waals surface area contributed by atoms with Crippen molar-refractivity contribution in [3.8, 4) is 5.75 Å². The Balaban J connectivity index is 1.77. The third kappa shape index (κ3) is 3.97. The molecule has 1 aliphatic rings. The van der Waals surface area contributed by atoms with Gasteiger partial charge in [-0.25, -0.2) is 0 Å². The van der Waals surface area contributed by atoms with Crippen LogP contribution < -0.4 is 9.64 Å². The van der Waals surface area contributed by atoms with Crippen LogP contribution >= 0.6 is 0 Å². The van der Waals surface area contributed by atoms with Gasteiger partial charge in [-0.1, -0.05) is 19.1 Å². The number of rotatable bonds is 5. The van der Waals surface area contributed by atoms with E-state index in [0.29, 0.717) is 0 Å². The summed E-state index contributed by atoms with van der Waals surface area (Å²) in [6.07, 6.45) is 6.84. The fourth-order valence-electron chi connectivity index (χ4n) is 3.12. The second-order valence-electron chi connectivity index (χ2n) is 6.25. The van der Waals surface area contributed by atoms with Crippen LogP contribution in [0.2, 0.25) is 0 Å². The van der Waals surface area contributed by atoms with Crippen molar-refractivity contribution >= 4 is 17.6 Å². The SMILES string of the molecule is CCc1ccc(N=Cc2ccc(N3CCCCC3)cc2OC)cc1. The molecule has 1 saturated heterocycles. The Labute approximate surface area is 145 Å². The van der Waals surface area contributed by atoms with E-state index in [-0.39, 0.29) is 0 Å². The minimum atomic E-state index is 0.881. The third-order valence-corrected chi connectivity index (χ3v) is 4.64. The van der Waals surface area contributed by atoms with E-state index in [9.17, 15) is 0 Å². The maximum absolute atomic E-state index is 5.58. The van der Waals surface area contributed by atoms with Crippen LogP contribution in [-0.2, 0) is 6.42 Å². The number of hydrogen-bond acceptors (Lipinski definition) is 3. The van der Waals surface area contributed by atoms with Crippen LogP contribution in [-0.4, -0.2) is 26.4 Å². The van der Waals surface area contributed by atoms with Crippen molar-refractivity contribution in [2.45, 2.75) is 32.6 Å². The Kier molecular flexibility index (Phi) is 5.52. The quantitative estimate of drug-likeness (QED) is 0.724. The highest BCUT2D eigenvalue weighted by Crippen LogP contribution is 2.27. The van der Waals surface area contributed by atoms with E-state index < -0.39 is 0 Å². The standard InChI is InChI=1S/C21H26N2O/c1-3-17-7-10-19(11-8-17)22-16-18-9-12-20(15-21(18)24-2)23-13-5-4-6-14-23/h7-12,15-16H,3-6,13-14H2,1-2H3. The summed E-state index contributed by atoms with van der Waals surface area (Å²) in [7, 11) is 1.72. The summed E-state index contributed by atoms with van der Waals surface area (Å²) < 4.78 is 5.58. The summed E-state index contributed by atoms with van der Waals surface area (Å²) in [6, 6.07) is 14.8. The van der Waals surface area contributed by atoms with E-state index >= 15 is 0 Å². The molecule has 0 N–H and O–H groups in total. The van der Waals surface area contributed by atoms with Crippen LogP contribution in [0.15, 0.2) is 47.5 Å². The molecule has 3 heteroatoms. The molecule has 0 saturated carbocycles. The van der Waals surface area contributed by atoms with Crippen molar-refractivity contribution in [3.05, 3.63) is 53.6 Å². The number of anilines is 1. The normalized spacial score (nSPS) is 15.0. The Morgan fingerprint density at radius 1 is 1.04 bits per heavy atom. The number of benzene rings is 2. The molecule has 3 nitrogen and oxygen atoms in total. The van der Waals surface area contributed by atoms with Gasteiger partial charge in [-0.2, -0.15) is 0 Å². The Morgan fingerprint density at radius 2 is 1.79 bits per heavy atom. The van der Waals surface area contributed by atoms with Crippen LogP contribution in [0.4, 0.5) is 11.4 Å². The largest absolute Gasteiger partial charge is 0.496 e. The van der Waals surface area contributed by atoms with Gasteiger partial charge in [0.05, 0.1) is 12.8 Å². The van der Waals surface area contributed by atoms with E-state index in [1.165, 1.54) is 30.5 Å². The fourth-order valence-corrected chi connectivity index (χ4v) is 3.12. The first-order valence-electron chi connectivity index (χ1n) is 8.86. The molecule has 126 valence electrons. The monoisotopic (exact) mass is 322 g/mol. The number of ether oxygens (including phenoxy) is 1. The van der Waals surface area contributed by atoms with Gasteiger partial charge >= 0.3 is 0 Å². The maximum Gasteiger partial charge on any atom is 0.129 e. The molecule has 0 radical (unpaired) electrons. The van der Waals surface area contributed by atoms with Crippen molar-refractivity contribution in [1.82, 2.24) is 0 Å². The number of aliphatic imine (C=N–C) groups is 1. The third-order valence-electron chi connectivity index (χ3n) is 4.64. The second kappa shape index (κ2) is 8.00. The van der Waals surface area contributed by atoms with Gasteiger partial charge in [0.15, 0.2) is 0 Å². The van der Waals surface area contributed by atoms with Crippen LogP contribution in [0, 0.1) is 0 Å². The number of aryl methyl sites for hydroxylation is 1. The molecule has 0 aromatic heterocycles. The number of hydrogen-bond donors (Lipinski definition) is 0. The van der Waals surface area contributed by atoms with Gasteiger partial charge in [-0.3, -0.25) is 4.99 Å². The predicted octanol–water partition coefficient (Wildman–Crippen LogP) is 5.00. The summed E-state index contributed by atoms with van der Waals surface area (Å²) in [5, 5.41) is 0. The molecule has 0 spiro atoms. The molecule has 1 fully saturated rings. The molecule has 1 heterocycles. The zero-order chi connectivity index (χ0) is 16.8. The predicted molar refractivity (Wildman–Crippen MR) is 102 cm³/mol. The fraction of sp³-hybridized carbons (Fsp3) is 0.381. The van der Waals surface area contributed by atoms with Crippen LogP contribution in [0.5, 0.6) is 5.75 Å². The van der Waals surface area contributed by atoms with Gasteiger partial charge in [0.1, 0.15) is 5.75 Å². The highest BCUT2D eigenvalue weighted by atomic mass is 16.5. The minimum absolute atomic E-state index is 0.881. The van der Waals surface area contributed by atoms with Crippen LogP contribution in [0.3, 0.4) is 0 Å². The summed E-state index contributed by atoms with van der Waals surface area (Å²) in [4.78, 5) is 7.02. The highest BCUT2D eigenvalue weighted by molar-refractivity contribution is 5.86.